The Morgan fingerprint density at radius 1 is 0.651 bits per heavy atom. The summed E-state index contributed by atoms with van der Waals surface area (Å²) in [6.45, 7) is 1.53. The maximum Gasteiger partial charge on any atom is 0.416 e. The van der Waals surface area contributed by atoms with E-state index in [4.69, 9.17) is 5.73 Å². The van der Waals surface area contributed by atoms with Crippen molar-refractivity contribution >= 4 is 38.0 Å². The van der Waals surface area contributed by atoms with E-state index in [2.05, 4.69) is 96.3 Å². The number of rotatable bonds is 6. The molecule has 0 aliphatic carbocycles. The number of nitrogens with one attached hydrogen (secondary N) is 1. The van der Waals surface area contributed by atoms with Crippen LogP contribution in [0.25, 0.3) is 54.6 Å². The van der Waals surface area contributed by atoms with E-state index in [1.54, 1.807) is 0 Å². The molecule has 0 saturated carbocycles. The lowest BCUT2D eigenvalue weighted by atomic mass is 9.85. The molecule has 0 bridgehead atoms. The van der Waals surface area contributed by atoms with Crippen molar-refractivity contribution in [2.24, 2.45) is 5.73 Å². The molecule has 0 aromatic heterocycles. The van der Waals surface area contributed by atoms with Gasteiger partial charge in [0.05, 0.1) is 5.57 Å². The van der Waals surface area contributed by atoms with Gasteiger partial charge in [0.2, 0.25) is 0 Å². The van der Waals surface area contributed by atoms with Crippen molar-refractivity contribution < 1.29 is 13.2 Å². The molecule has 0 radical (unpaired) electrons. The lowest BCUT2D eigenvalue weighted by molar-refractivity contribution is -0.0882. The molecule has 6 aromatic rings. The van der Waals surface area contributed by atoms with Gasteiger partial charge in [-0.05, 0) is 85.8 Å². The van der Waals surface area contributed by atoms with Gasteiger partial charge in [-0.2, -0.15) is 13.2 Å². The Bertz CT molecular complexity index is 1990. The van der Waals surface area contributed by atoms with E-state index < -0.39 is 11.7 Å². The average Bonchev–Trinajstić information content (AvgIpc) is 3.02. The van der Waals surface area contributed by atoms with E-state index in [0.717, 1.165) is 44.8 Å². The number of halogens is 3. The summed E-state index contributed by atoms with van der Waals surface area (Å²) in [6, 6.07) is 39.8. The van der Waals surface area contributed by atoms with Gasteiger partial charge < -0.3 is 11.1 Å². The maximum atomic E-state index is 13.2. The fraction of sp³-hybridized carbons (Fsp3) is 0.0526. The van der Waals surface area contributed by atoms with Crippen molar-refractivity contribution in [2.45, 2.75) is 13.1 Å². The molecule has 0 saturated heterocycles. The molecule has 0 unspecified atom stereocenters. The average molecular weight is 571 g/mol. The van der Waals surface area contributed by atoms with Crippen LogP contribution in [0.15, 0.2) is 151 Å². The van der Waals surface area contributed by atoms with Crippen LogP contribution < -0.4 is 11.1 Å². The molecule has 0 amide bonds. The van der Waals surface area contributed by atoms with E-state index in [0.29, 0.717) is 5.69 Å². The number of hydrogen-bond donors (Lipinski definition) is 2. The Morgan fingerprint density at radius 2 is 1.16 bits per heavy atom. The molecule has 0 aliphatic heterocycles. The monoisotopic (exact) mass is 570 g/mol. The number of hydrogen-bond acceptors (Lipinski definition) is 2. The van der Waals surface area contributed by atoms with E-state index in [1.165, 1.54) is 41.1 Å². The highest BCUT2D eigenvalue weighted by atomic mass is 19.4. The van der Waals surface area contributed by atoms with Gasteiger partial charge in [-0.15, -0.1) is 0 Å². The first-order valence-electron chi connectivity index (χ1n) is 14.0. The smallest absolute Gasteiger partial charge is 0.398 e. The molecule has 5 heteroatoms. The highest BCUT2D eigenvalue weighted by molar-refractivity contribution is 6.21. The van der Waals surface area contributed by atoms with Gasteiger partial charge in [-0.1, -0.05) is 109 Å². The highest BCUT2D eigenvalue weighted by Gasteiger charge is 2.31. The first-order valence-corrected chi connectivity index (χ1v) is 14.0. The fourth-order valence-corrected chi connectivity index (χ4v) is 5.62. The molecule has 3 N–H and O–H groups in total. The molecule has 6 rings (SSSR count). The predicted octanol–water partition coefficient (Wildman–Crippen LogP) is 10.8. The Balaban J connectivity index is 1.42. The number of alkyl halides is 3. The number of anilines is 1. The Kier molecular flexibility index (Phi) is 7.47. The first kappa shape index (κ1) is 27.9. The van der Waals surface area contributed by atoms with Gasteiger partial charge in [0.1, 0.15) is 0 Å². The quantitative estimate of drug-likeness (QED) is 0.154. The lowest BCUT2D eigenvalue weighted by Gasteiger charge is -2.18. The molecule has 0 heterocycles. The zero-order chi connectivity index (χ0) is 30.0. The second-order valence-electron chi connectivity index (χ2n) is 10.4. The van der Waals surface area contributed by atoms with Crippen molar-refractivity contribution in [3.63, 3.8) is 0 Å². The summed E-state index contributed by atoms with van der Waals surface area (Å²) in [5.74, 6) is 0. The minimum atomic E-state index is -4.48. The highest BCUT2D eigenvalue weighted by Crippen LogP contribution is 2.44. The van der Waals surface area contributed by atoms with Crippen molar-refractivity contribution in [1.29, 1.82) is 0 Å². The third-order valence-electron chi connectivity index (χ3n) is 7.54. The molecule has 2 nitrogen and oxygen atoms in total. The largest absolute Gasteiger partial charge is 0.416 e. The second kappa shape index (κ2) is 11.5. The second-order valence-corrected chi connectivity index (χ2v) is 10.4. The maximum absolute atomic E-state index is 13.2. The van der Waals surface area contributed by atoms with Gasteiger partial charge in [0.25, 0.3) is 0 Å². The predicted molar refractivity (Wildman–Crippen MR) is 175 cm³/mol. The normalized spacial score (nSPS) is 12.9. The molecular weight excluding hydrogens is 541 g/mol. The summed E-state index contributed by atoms with van der Waals surface area (Å²) in [4.78, 5) is 0. The number of nitrogens with two attached hydrogens (primary N) is 1. The van der Waals surface area contributed by atoms with E-state index >= 15 is 0 Å². The fourth-order valence-electron chi connectivity index (χ4n) is 5.62. The van der Waals surface area contributed by atoms with Crippen LogP contribution in [-0.2, 0) is 0 Å². The standard InChI is InChI=1S/C38H29F3N2/c1-2-9-29(38(39,40)41)23-30(42)24-43-31-20-18-26(19-21-31)36-32-12-5-7-14-34(32)37(35-15-8-6-13-33(35)36)28-17-16-25-10-3-4-11-27(25)22-28/h2-24,43H,42H2,1H3/b9-2-,29-23+,30-24-. The first-order chi connectivity index (χ1) is 20.8. The lowest BCUT2D eigenvalue weighted by Crippen LogP contribution is -2.12. The topological polar surface area (TPSA) is 38.0 Å². The van der Waals surface area contributed by atoms with Gasteiger partial charge in [0, 0.05) is 17.6 Å². The molecule has 0 aliphatic rings. The van der Waals surface area contributed by atoms with E-state index in [-0.39, 0.29) is 5.70 Å². The minimum absolute atomic E-state index is 0.0317. The van der Waals surface area contributed by atoms with Crippen molar-refractivity contribution in [3.8, 4) is 22.3 Å². The van der Waals surface area contributed by atoms with Gasteiger partial charge in [-0.3, -0.25) is 0 Å². The summed E-state index contributed by atoms with van der Waals surface area (Å²) >= 11 is 0. The van der Waals surface area contributed by atoms with Gasteiger partial charge in [0.15, 0.2) is 0 Å². The third-order valence-corrected chi connectivity index (χ3v) is 7.54. The molecule has 6 aromatic carbocycles. The summed E-state index contributed by atoms with van der Waals surface area (Å²) < 4.78 is 39.7. The molecule has 0 atom stereocenters. The van der Waals surface area contributed by atoms with E-state index in [1.807, 2.05) is 24.3 Å². The van der Waals surface area contributed by atoms with Crippen LogP contribution in [0.2, 0.25) is 0 Å². The van der Waals surface area contributed by atoms with Crippen molar-refractivity contribution in [2.75, 3.05) is 5.32 Å². The molecule has 212 valence electrons. The third kappa shape index (κ3) is 5.62. The number of benzene rings is 6. The van der Waals surface area contributed by atoms with Crippen LogP contribution in [-0.4, -0.2) is 6.18 Å². The van der Waals surface area contributed by atoms with Crippen LogP contribution in [0.4, 0.5) is 18.9 Å². The SMILES string of the molecule is C\C=C/C(=C\C(N)=C\Nc1ccc(-c2c3ccccc3c(-c3ccc4ccccc4c3)c3ccccc23)cc1)C(F)(F)F. The molecule has 43 heavy (non-hydrogen) atoms. The number of fused-ring (bicyclic) bond motifs is 3. The Hall–Kier alpha value is -5.29. The molecule has 0 spiro atoms. The van der Waals surface area contributed by atoms with Gasteiger partial charge in [-0.25, -0.2) is 0 Å². The summed E-state index contributed by atoms with van der Waals surface area (Å²) in [6.07, 6.45) is 0.127. The minimum Gasteiger partial charge on any atom is -0.398 e. The Labute approximate surface area is 248 Å². The van der Waals surface area contributed by atoms with Gasteiger partial charge >= 0.3 is 6.18 Å². The zero-order valence-electron chi connectivity index (χ0n) is 23.5. The Morgan fingerprint density at radius 3 is 1.72 bits per heavy atom. The van der Waals surface area contributed by atoms with Crippen LogP contribution in [0.3, 0.4) is 0 Å². The molecule has 0 fully saturated rings. The number of allylic oxidation sites excluding steroid dienone is 4. The summed E-state index contributed by atoms with van der Waals surface area (Å²) in [5.41, 5.74) is 10.3. The van der Waals surface area contributed by atoms with Crippen molar-refractivity contribution in [3.05, 3.63) is 151 Å². The summed E-state index contributed by atoms with van der Waals surface area (Å²) in [7, 11) is 0. The van der Waals surface area contributed by atoms with Crippen LogP contribution in [0.5, 0.6) is 0 Å². The van der Waals surface area contributed by atoms with E-state index in [9.17, 15) is 13.2 Å². The molecular formula is C38H29F3N2. The zero-order valence-corrected chi connectivity index (χ0v) is 23.5. The van der Waals surface area contributed by atoms with Crippen LogP contribution in [0.1, 0.15) is 6.92 Å². The van der Waals surface area contributed by atoms with Crippen molar-refractivity contribution in [1.82, 2.24) is 0 Å². The van der Waals surface area contributed by atoms with Crippen LogP contribution >= 0.6 is 0 Å². The van der Waals surface area contributed by atoms with Crippen LogP contribution in [0, 0.1) is 0 Å². The summed E-state index contributed by atoms with van der Waals surface area (Å²) in [5, 5.41) is 10.0.